The number of halogens is 1. The molecule has 2 atom stereocenters. The van der Waals surface area contributed by atoms with Crippen molar-refractivity contribution in [2.75, 3.05) is 23.0 Å². The van der Waals surface area contributed by atoms with Gasteiger partial charge >= 0.3 is 0 Å². The average Bonchev–Trinajstić information content (AvgIpc) is 2.29. The van der Waals surface area contributed by atoms with Gasteiger partial charge in [-0.2, -0.15) is 0 Å². The maximum Gasteiger partial charge on any atom is 0.154 e. The Morgan fingerprint density at radius 1 is 1.47 bits per heavy atom. The molecule has 1 heterocycles. The van der Waals surface area contributed by atoms with E-state index in [1.807, 2.05) is 0 Å². The molecule has 0 aromatic heterocycles. The van der Waals surface area contributed by atoms with Crippen LogP contribution < -0.4 is 4.90 Å². The molecule has 0 bridgehead atoms. The highest BCUT2D eigenvalue weighted by atomic mass is 32.2. The zero-order valence-electron chi connectivity index (χ0n) is 11.0. The number of hydrogen-bond acceptors (Lipinski definition) is 4. The molecular weight excluding hydrogens is 269 g/mol. The number of benzene rings is 1. The Bertz CT molecular complexity index is 571. The molecule has 1 N–H and O–H groups in total. The SMILES string of the molecule is CC1CS(=O)(=O)CCN1c1ccc([C@H](C)O)cc1F. The fraction of sp³-hybridized carbons (Fsp3) is 0.538. The smallest absolute Gasteiger partial charge is 0.154 e. The van der Waals surface area contributed by atoms with Gasteiger partial charge in [-0.1, -0.05) is 6.07 Å². The van der Waals surface area contributed by atoms with Gasteiger partial charge in [-0.05, 0) is 31.5 Å². The zero-order chi connectivity index (χ0) is 14.2. The number of aliphatic hydroxyl groups is 1. The molecule has 2 rings (SSSR count). The summed E-state index contributed by atoms with van der Waals surface area (Å²) in [7, 11) is -3.01. The molecule has 1 aromatic rings. The second-order valence-electron chi connectivity index (χ2n) is 5.04. The van der Waals surface area contributed by atoms with Gasteiger partial charge in [0.05, 0.1) is 23.3 Å². The predicted octanol–water partition coefficient (Wildman–Crippen LogP) is 1.50. The first-order valence-corrected chi connectivity index (χ1v) is 8.07. The molecule has 6 heteroatoms. The summed E-state index contributed by atoms with van der Waals surface area (Å²) in [5.41, 5.74) is 0.908. The van der Waals surface area contributed by atoms with E-state index in [2.05, 4.69) is 0 Å². The summed E-state index contributed by atoms with van der Waals surface area (Å²) in [6.45, 7) is 3.65. The standard InChI is InChI=1S/C13H18FNO3S/c1-9-8-19(17,18)6-5-15(9)13-4-3-11(10(2)16)7-12(13)14/h3-4,7,9-10,16H,5-6,8H2,1-2H3/t9?,10-/m0/s1. The highest BCUT2D eigenvalue weighted by Gasteiger charge is 2.29. The number of rotatable bonds is 2. The Kier molecular flexibility index (Phi) is 3.82. The molecule has 1 aliphatic rings. The van der Waals surface area contributed by atoms with Gasteiger partial charge in [0.1, 0.15) is 5.82 Å². The van der Waals surface area contributed by atoms with Crippen LogP contribution >= 0.6 is 0 Å². The highest BCUT2D eigenvalue weighted by Crippen LogP contribution is 2.27. The van der Waals surface area contributed by atoms with Gasteiger partial charge in [0.15, 0.2) is 9.84 Å². The Labute approximate surface area is 112 Å². The van der Waals surface area contributed by atoms with Crippen LogP contribution in [0.2, 0.25) is 0 Å². The van der Waals surface area contributed by atoms with Gasteiger partial charge in [-0.3, -0.25) is 0 Å². The van der Waals surface area contributed by atoms with Crippen LogP contribution in [0.15, 0.2) is 18.2 Å². The van der Waals surface area contributed by atoms with Crippen molar-refractivity contribution in [2.45, 2.75) is 26.0 Å². The van der Waals surface area contributed by atoms with Crippen LogP contribution in [0, 0.1) is 5.82 Å². The number of nitrogens with zero attached hydrogens (tertiary/aromatic N) is 1. The number of anilines is 1. The first kappa shape index (κ1) is 14.3. The summed E-state index contributed by atoms with van der Waals surface area (Å²) >= 11 is 0. The lowest BCUT2D eigenvalue weighted by molar-refractivity contribution is 0.199. The Morgan fingerprint density at radius 2 is 2.16 bits per heavy atom. The van der Waals surface area contributed by atoms with Crippen LogP contribution in [0.3, 0.4) is 0 Å². The number of hydrogen-bond donors (Lipinski definition) is 1. The van der Waals surface area contributed by atoms with Crippen molar-refractivity contribution in [3.8, 4) is 0 Å². The van der Waals surface area contributed by atoms with E-state index in [9.17, 15) is 17.9 Å². The fourth-order valence-electron chi connectivity index (χ4n) is 2.37. The van der Waals surface area contributed by atoms with E-state index in [1.165, 1.54) is 6.07 Å². The lowest BCUT2D eigenvalue weighted by atomic mass is 10.1. The van der Waals surface area contributed by atoms with Gasteiger partial charge in [0, 0.05) is 12.6 Å². The van der Waals surface area contributed by atoms with E-state index in [-0.39, 0.29) is 17.5 Å². The van der Waals surface area contributed by atoms with Crippen molar-refractivity contribution in [3.05, 3.63) is 29.6 Å². The molecular formula is C13H18FNO3S. The molecule has 0 radical (unpaired) electrons. The molecule has 0 amide bonds. The van der Waals surface area contributed by atoms with Crippen LogP contribution in [0.25, 0.3) is 0 Å². The summed E-state index contributed by atoms with van der Waals surface area (Å²) < 4.78 is 37.1. The maximum absolute atomic E-state index is 14.1. The van der Waals surface area contributed by atoms with Crippen LogP contribution in [0.5, 0.6) is 0 Å². The number of sulfone groups is 1. The lowest BCUT2D eigenvalue weighted by Crippen LogP contribution is -2.47. The van der Waals surface area contributed by atoms with Crippen LogP contribution in [0.1, 0.15) is 25.5 Å². The molecule has 0 saturated carbocycles. The lowest BCUT2D eigenvalue weighted by Gasteiger charge is -2.35. The van der Waals surface area contributed by atoms with Gasteiger partial charge in [-0.15, -0.1) is 0 Å². The maximum atomic E-state index is 14.1. The van der Waals surface area contributed by atoms with E-state index in [0.29, 0.717) is 17.8 Å². The topological polar surface area (TPSA) is 57.6 Å². The molecule has 0 spiro atoms. The third kappa shape index (κ3) is 3.06. The second-order valence-corrected chi connectivity index (χ2v) is 7.27. The van der Waals surface area contributed by atoms with Crippen molar-refractivity contribution in [2.24, 2.45) is 0 Å². The Hall–Kier alpha value is -1.14. The van der Waals surface area contributed by atoms with Gasteiger partial charge < -0.3 is 10.0 Å². The van der Waals surface area contributed by atoms with Gasteiger partial charge in [0.2, 0.25) is 0 Å². The van der Waals surface area contributed by atoms with Gasteiger partial charge in [0.25, 0.3) is 0 Å². The highest BCUT2D eigenvalue weighted by molar-refractivity contribution is 7.91. The molecule has 1 aliphatic heterocycles. The monoisotopic (exact) mass is 287 g/mol. The first-order chi connectivity index (χ1) is 8.80. The van der Waals surface area contributed by atoms with Gasteiger partial charge in [-0.25, -0.2) is 12.8 Å². The first-order valence-electron chi connectivity index (χ1n) is 6.25. The van der Waals surface area contributed by atoms with Crippen LogP contribution in [0.4, 0.5) is 10.1 Å². The Balaban J connectivity index is 2.28. The van der Waals surface area contributed by atoms with E-state index < -0.39 is 21.8 Å². The molecule has 1 saturated heterocycles. The Morgan fingerprint density at radius 3 is 2.68 bits per heavy atom. The van der Waals surface area contributed by atoms with Crippen molar-refractivity contribution in [1.82, 2.24) is 0 Å². The molecule has 106 valence electrons. The second kappa shape index (κ2) is 5.09. The third-order valence-corrected chi connectivity index (χ3v) is 5.23. The van der Waals surface area contributed by atoms with E-state index in [1.54, 1.807) is 30.9 Å². The zero-order valence-corrected chi connectivity index (χ0v) is 11.8. The summed E-state index contributed by atoms with van der Waals surface area (Å²) in [6.07, 6.45) is -0.720. The summed E-state index contributed by atoms with van der Waals surface area (Å²) in [5.74, 6) is -0.330. The van der Waals surface area contributed by atoms with Crippen molar-refractivity contribution >= 4 is 15.5 Å². The van der Waals surface area contributed by atoms with Crippen molar-refractivity contribution in [1.29, 1.82) is 0 Å². The summed E-state index contributed by atoms with van der Waals surface area (Å²) in [6, 6.07) is 4.33. The third-order valence-electron chi connectivity index (χ3n) is 3.43. The summed E-state index contributed by atoms with van der Waals surface area (Å²) in [4.78, 5) is 1.77. The predicted molar refractivity (Wildman–Crippen MR) is 72.5 cm³/mol. The largest absolute Gasteiger partial charge is 0.389 e. The van der Waals surface area contributed by atoms with E-state index >= 15 is 0 Å². The van der Waals surface area contributed by atoms with Crippen molar-refractivity contribution < 1.29 is 17.9 Å². The minimum Gasteiger partial charge on any atom is -0.389 e. The summed E-state index contributed by atoms with van der Waals surface area (Å²) in [5, 5.41) is 9.41. The fourth-order valence-corrected chi connectivity index (χ4v) is 3.93. The van der Waals surface area contributed by atoms with Crippen LogP contribution in [-0.2, 0) is 9.84 Å². The minimum atomic E-state index is -3.01. The quantitative estimate of drug-likeness (QED) is 0.895. The normalized spacial score (nSPS) is 24.2. The van der Waals surface area contributed by atoms with E-state index in [0.717, 1.165) is 0 Å². The average molecular weight is 287 g/mol. The van der Waals surface area contributed by atoms with E-state index in [4.69, 9.17) is 0 Å². The van der Waals surface area contributed by atoms with Crippen molar-refractivity contribution in [3.63, 3.8) is 0 Å². The minimum absolute atomic E-state index is 0.0462. The molecule has 4 nitrogen and oxygen atoms in total. The number of aliphatic hydroxyl groups excluding tert-OH is 1. The molecule has 0 aliphatic carbocycles. The molecule has 1 unspecified atom stereocenters. The molecule has 1 fully saturated rings. The molecule has 19 heavy (non-hydrogen) atoms. The molecule has 1 aromatic carbocycles. The van der Waals surface area contributed by atoms with Crippen LogP contribution in [-0.4, -0.2) is 37.6 Å².